The van der Waals surface area contributed by atoms with Gasteiger partial charge < -0.3 is 10.2 Å². The first kappa shape index (κ1) is 19.3. The van der Waals surface area contributed by atoms with Crippen LogP contribution in [-0.4, -0.2) is 28.9 Å². The summed E-state index contributed by atoms with van der Waals surface area (Å²) in [5, 5.41) is 4.92. The van der Waals surface area contributed by atoms with E-state index in [0.717, 1.165) is 49.5 Å². The van der Waals surface area contributed by atoms with E-state index in [-0.39, 0.29) is 16.6 Å². The van der Waals surface area contributed by atoms with Gasteiger partial charge in [-0.2, -0.15) is 0 Å². The number of hydrogen-bond donors (Lipinski definition) is 1. The number of nitrogens with one attached hydrogen (secondary N) is 1. The van der Waals surface area contributed by atoms with Gasteiger partial charge in [-0.3, -0.25) is 4.79 Å². The molecule has 1 saturated heterocycles. The van der Waals surface area contributed by atoms with E-state index in [2.05, 4.69) is 16.4 Å². The number of carbonyl (C=O) groups is 1. The van der Waals surface area contributed by atoms with Crippen molar-refractivity contribution < 1.29 is 9.18 Å². The van der Waals surface area contributed by atoms with E-state index in [4.69, 9.17) is 11.6 Å². The van der Waals surface area contributed by atoms with Crippen LogP contribution in [0.2, 0.25) is 5.02 Å². The quantitative estimate of drug-likeness (QED) is 0.537. The van der Waals surface area contributed by atoms with Gasteiger partial charge in [-0.15, -0.1) is 0 Å². The fourth-order valence-corrected chi connectivity index (χ4v) is 4.50. The van der Waals surface area contributed by atoms with Crippen molar-refractivity contribution in [2.24, 2.45) is 0 Å². The topological polar surface area (TPSA) is 45.2 Å². The number of amides is 1. The normalized spacial score (nSPS) is 16.7. The number of halogens is 2. The van der Waals surface area contributed by atoms with E-state index in [1.54, 1.807) is 18.3 Å². The summed E-state index contributed by atoms with van der Waals surface area (Å²) in [7, 11) is 0. The van der Waals surface area contributed by atoms with Crippen molar-refractivity contribution >= 4 is 39.8 Å². The molecule has 2 fully saturated rings. The molecule has 0 bridgehead atoms. The first-order valence-corrected chi connectivity index (χ1v) is 10.9. The Morgan fingerprint density at radius 1 is 1.10 bits per heavy atom. The van der Waals surface area contributed by atoms with Crippen LogP contribution in [0.3, 0.4) is 0 Å². The molecule has 1 aliphatic heterocycles. The zero-order valence-electron chi connectivity index (χ0n) is 16.6. The van der Waals surface area contributed by atoms with Crippen LogP contribution in [-0.2, 0) is 0 Å². The van der Waals surface area contributed by atoms with Crippen molar-refractivity contribution in [3.05, 3.63) is 64.6 Å². The molecule has 0 unspecified atom stereocenters. The maximum atomic E-state index is 14.5. The Morgan fingerprint density at radius 3 is 2.63 bits per heavy atom. The third-order valence-electron chi connectivity index (χ3n) is 6.04. The van der Waals surface area contributed by atoms with Gasteiger partial charge in [0, 0.05) is 30.1 Å². The van der Waals surface area contributed by atoms with Crippen molar-refractivity contribution in [2.45, 2.75) is 38.0 Å². The van der Waals surface area contributed by atoms with Crippen molar-refractivity contribution in [3.63, 3.8) is 0 Å². The number of benzene rings is 2. The molecule has 1 saturated carbocycles. The number of piperidine rings is 1. The molecule has 4 nitrogen and oxygen atoms in total. The van der Waals surface area contributed by atoms with Gasteiger partial charge >= 0.3 is 0 Å². The van der Waals surface area contributed by atoms with E-state index in [1.807, 2.05) is 17.0 Å². The summed E-state index contributed by atoms with van der Waals surface area (Å²) in [5.74, 6) is 0.533. The minimum Gasteiger partial charge on any atom is -0.339 e. The highest BCUT2D eigenvalue weighted by Gasteiger charge is 2.29. The summed E-state index contributed by atoms with van der Waals surface area (Å²) < 4.78 is 14.5. The number of nitrogens with zero attached hydrogens (tertiary/aromatic N) is 2. The van der Waals surface area contributed by atoms with E-state index in [0.29, 0.717) is 17.3 Å². The van der Waals surface area contributed by atoms with Gasteiger partial charge in [0.05, 0.1) is 16.3 Å². The van der Waals surface area contributed by atoms with Crippen LogP contribution in [0.25, 0.3) is 10.8 Å². The summed E-state index contributed by atoms with van der Waals surface area (Å²) >= 11 is 5.94. The Labute approximate surface area is 180 Å². The molecule has 2 heterocycles. The predicted octanol–water partition coefficient (Wildman–Crippen LogP) is 6.27. The summed E-state index contributed by atoms with van der Waals surface area (Å²) in [5.41, 5.74) is 2.10. The molecule has 0 atom stereocenters. The number of pyridine rings is 1. The smallest absolute Gasteiger partial charge is 0.256 e. The highest BCUT2D eigenvalue weighted by Crippen LogP contribution is 2.45. The Morgan fingerprint density at radius 2 is 1.87 bits per heavy atom. The molecule has 0 spiro atoms. The summed E-state index contributed by atoms with van der Waals surface area (Å²) in [6.45, 7) is 1.58. The molecule has 6 heteroatoms. The van der Waals surface area contributed by atoms with E-state index in [1.165, 1.54) is 18.1 Å². The summed E-state index contributed by atoms with van der Waals surface area (Å²) in [4.78, 5) is 19.8. The van der Waals surface area contributed by atoms with Crippen LogP contribution in [0.4, 0.5) is 15.9 Å². The van der Waals surface area contributed by atoms with E-state index in [9.17, 15) is 9.18 Å². The lowest BCUT2D eigenvalue weighted by atomic mass is 9.96. The molecule has 0 radical (unpaired) electrons. The van der Waals surface area contributed by atoms with Crippen LogP contribution in [0.5, 0.6) is 0 Å². The molecule has 2 aromatic carbocycles. The van der Waals surface area contributed by atoms with Crippen molar-refractivity contribution in [3.8, 4) is 0 Å². The number of hydrogen-bond acceptors (Lipinski definition) is 3. The van der Waals surface area contributed by atoms with E-state index >= 15 is 0 Å². The molecule has 1 N–H and O–H groups in total. The standard InChI is InChI=1S/C24H23ClFN3O/c25-19-8-5-9-20(22(19)26)28-23-17-7-4-6-16(15-10-11-15)21(17)18(14-27-23)24(30)29-12-2-1-3-13-29/h4-9,14-15H,1-3,10-13H2,(H,27,28). The Balaban J connectivity index is 1.63. The van der Waals surface area contributed by atoms with Gasteiger partial charge in [-0.25, -0.2) is 9.37 Å². The first-order valence-electron chi connectivity index (χ1n) is 10.6. The van der Waals surface area contributed by atoms with Crippen molar-refractivity contribution in [2.75, 3.05) is 18.4 Å². The average Bonchev–Trinajstić information content (AvgIpc) is 3.62. The molecule has 30 heavy (non-hydrogen) atoms. The lowest BCUT2D eigenvalue weighted by Gasteiger charge is -2.27. The maximum absolute atomic E-state index is 14.5. The largest absolute Gasteiger partial charge is 0.339 e. The molecule has 1 amide bonds. The van der Waals surface area contributed by atoms with E-state index < -0.39 is 5.82 Å². The van der Waals surface area contributed by atoms with Gasteiger partial charge in [0.2, 0.25) is 0 Å². The van der Waals surface area contributed by atoms with Crippen LogP contribution in [0.1, 0.15) is 53.9 Å². The third-order valence-corrected chi connectivity index (χ3v) is 6.33. The Kier molecular flexibility index (Phi) is 5.07. The summed E-state index contributed by atoms with van der Waals surface area (Å²) in [6, 6.07) is 10.9. The van der Waals surface area contributed by atoms with Crippen LogP contribution >= 0.6 is 11.6 Å². The highest BCUT2D eigenvalue weighted by molar-refractivity contribution is 6.31. The van der Waals surface area contributed by atoms with Gasteiger partial charge in [0.25, 0.3) is 5.91 Å². The fourth-order valence-electron chi connectivity index (χ4n) is 4.32. The second-order valence-corrected chi connectivity index (χ2v) is 8.55. The molecule has 154 valence electrons. The molecular formula is C24H23ClFN3O. The fraction of sp³-hybridized carbons (Fsp3) is 0.333. The van der Waals surface area contributed by atoms with Crippen LogP contribution < -0.4 is 5.32 Å². The molecular weight excluding hydrogens is 401 g/mol. The monoisotopic (exact) mass is 423 g/mol. The lowest BCUT2D eigenvalue weighted by Crippen LogP contribution is -2.35. The third kappa shape index (κ3) is 3.52. The van der Waals surface area contributed by atoms with Crippen LogP contribution in [0, 0.1) is 5.82 Å². The number of rotatable bonds is 4. The van der Waals surface area contributed by atoms with Crippen molar-refractivity contribution in [1.29, 1.82) is 0 Å². The molecule has 2 aliphatic rings. The maximum Gasteiger partial charge on any atom is 0.256 e. The number of fused-ring (bicyclic) bond motifs is 1. The zero-order valence-corrected chi connectivity index (χ0v) is 17.4. The molecule has 3 aromatic rings. The molecule has 1 aliphatic carbocycles. The molecule has 5 rings (SSSR count). The predicted molar refractivity (Wildman–Crippen MR) is 118 cm³/mol. The summed E-state index contributed by atoms with van der Waals surface area (Å²) in [6.07, 6.45) is 7.16. The van der Waals surface area contributed by atoms with Gasteiger partial charge in [-0.1, -0.05) is 35.9 Å². The highest BCUT2D eigenvalue weighted by atomic mass is 35.5. The zero-order chi connectivity index (χ0) is 20.7. The Hall–Kier alpha value is -2.66. The first-order chi connectivity index (χ1) is 14.6. The van der Waals surface area contributed by atoms with Gasteiger partial charge in [-0.05, 0) is 55.7 Å². The number of aromatic nitrogens is 1. The SMILES string of the molecule is O=C(c1cnc(Nc2cccc(Cl)c2F)c2cccc(C3CC3)c12)N1CCCCC1. The second-order valence-electron chi connectivity index (χ2n) is 8.14. The number of anilines is 2. The minimum atomic E-state index is -0.513. The second kappa shape index (κ2) is 7.88. The van der Waals surface area contributed by atoms with Crippen molar-refractivity contribution in [1.82, 2.24) is 9.88 Å². The number of likely N-dealkylation sites (tertiary alicyclic amines) is 1. The van der Waals surface area contributed by atoms with Crippen LogP contribution in [0.15, 0.2) is 42.6 Å². The minimum absolute atomic E-state index is 0.0424. The lowest BCUT2D eigenvalue weighted by molar-refractivity contribution is 0.0726. The number of carbonyl (C=O) groups excluding carboxylic acids is 1. The average molecular weight is 424 g/mol. The Bertz CT molecular complexity index is 1120. The van der Waals surface area contributed by atoms with Gasteiger partial charge in [0.15, 0.2) is 5.82 Å². The molecule has 1 aromatic heterocycles. The van der Waals surface area contributed by atoms with Gasteiger partial charge in [0.1, 0.15) is 5.82 Å².